The number of nitrogens with one attached hydrogen (secondary N) is 3. The van der Waals surface area contributed by atoms with E-state index in [2.05, 4.69) is 20.9 Å². The van der Waals surface area contributed by atoms with Crippen LogP contribution in [0.3, 0.4) is 0 Å². The molecule has 14 heteroatoms. The van der Waals surface area contributed by atoms with Crippen molar-refractivity contribution in [1.82, 2.24) is 16.0 Å². The minimum atomic E-state index is -1.66. The lowest BCUT2D eigenvalue weighted by Crippen LogP contribution is -2.57. The Kier molecular flexibility index (Phi) is 14.7. The van der Waals surface area contributed by atoms with Crippen molar-refractivity contribution in [3.05, 3.63) is 0 Å². The van der Waals surface area contributed by atoms with Crippen molar-refractivity contribution in [2.45, 2.75) is 84.0 Å². The summed E-state index contributed by atoms with van der Waals surface area (Å²) in [6.07, 6.45) is 0.313. The number of amides is 3. The first kappa shape index (κ1) is 32.6. The van der Waals surface area contributed by atoms with Crippen LogP contribution >= 0.6 is 0 Å². The molecule has 14 nitrogen and oxygen atoms in total. The molecule has 0 heterocycles. The Bertz CT molecular complexity index is 798. The lowest BCUT2D eigenvalue weighted by atomic mass is 9.99. The van der Waals surface area contributed by atoms with Gasteiger partial charge < -0.3 is 43.4 Å². The Morgan fingerprint density at radius 2 is 1.22 bits per heavy atom. The van der Waals surface area contributed by atoms with Crippen molar-refractivity contribution in [1.29, 1.82) is 0 Å². The fourth-order valence-corrected chi connectivity index (χ4v) is 3.25. The molecule has 206 valence electrons. The summed E-state index contributed by atoms with van der Waals surface area (Å²) in [7, 11) is 0. The van der Waals surface area contributed by atoms with Crippen LogP contribution in [0.1, 0.15) is 59.8 Å². The van der Waals surface area contributed by atoms with Crippen LogP contribution in [0, 0.1) is 11.8 Å². The largest absolute Gasteiger partial charge is 0.481 e. The Hall–Kier alpha value is -3.42. The SMILES string of the molecule is CC(C)CC(NC(=O)C(N)CCCN=C(N)N)C(=O)NC(CC(C)C)C(=O)NC(CC(=O)O)C(=O)O. The van der Waals surface area contributed by atoms with Gasteiger partial charge in [-0.25, -0.2) is 4.79 Å². The zero-order chi connectivity index (χ0) is 28.0. The van der Waals surface area contributed by atoms with Gasteiger partial charge in [-0.05, 0) is 37.5 Å². The van der Waals surface area contributed by atoms with E-state index in [1.54, 1.807) is 13.8 Å². The number of guanidine groups is 1. The molecule has 11 N–H and O–H groups in total. The van der Waals surface area contributed by atoms with Crippen molar-refractivity contribution in [2.75, 3.05) is 6.54 Å². The van der Waals surface area contributed by atoms with Gasteiger partial charge in [0.05, 0.1) is 12.5 Å². The highest BCUT2D eigenvalue weighted by molar-refractivity contribution is 5.94. The van der Waals surface area contributed by atoms with Crippen molar-refractivity contribution in [3.8, 4) is 0 Å². The number of hydrogen-bond donors (Lipinski definition) is 8. The number of carbonyl (C=O) groups excluding carboxylic acids is 3. The van der Waals surface area contributed by atoms with Crippen LogP contribution in [0.25, 0.3) is 0 Å². The second kappa shape index (κ2) is 16.3. The summed E-state index contributed by atoms with van der Waals surface area (Å²) in [4.78, 5) is 64.5. The third kappa shape index (κ3) is 14.1. The molecule has 0 radical (unpaired) electrons. The summed E-state index contributed by atoms with van der Waals surface area (Å²) in [5.41, 5.74) is 16.4. The number of carboxylic acids is 2. The Morgan fingerprint density at radius 1 is 0.778 bits per heavy atom. The van der Waals surface area contributed by atoms with E-state index in [1.807, 2.05) is 13.8 Å². The minimum absolute atomic E-state index is 0.00322. The van der Waals surface area contributed by atoms with Crippen LogP contribution in [0.2, 0.25) is 0 Å². The molecule has 4 atom stereocenters. The normalized spacial score (nSPS) is 14.3. The Morgan fingerprint density at radius 3 is 1.61 bits per heavy atom. The van der Waals surface area contributed by atoms with E-state index in [9.17, 15) is 29.1 Å². The number of rotatable bonds is 17. The van der Waals surface area contributed by atoms with Crippen LogP contribution in [0.4, 0.5) is 0 Å². The summed E-state index contributed by atoms with van der Waals surface area (Å²) < 4.78 is 0. The highest BCUT2D eigenvalue weighted by atomic mass is 16.4. The summed E-state index contributed by atoms with van der Waals surface area (Å²) in [6.45, 7) is 7.59. The standard InChI is InChI=1S/C22H41N7O7/c1-11(2)8-14(27-18(32)13(23)6-5-7-26-22(24)25)19(33)28-15(9-12(3)4)20(34)29-16(21(35)36)10-17(30)31/h11-16H,5-10,23H2,1-4H3,(H,27,32)(H,28,33)(H,29,34)(H,30,31)(H,35,36)(H4,24,25,26). The number of aliphatic imine (C=N–C) groups is 1. The average Bonchev–Trinajstić information content (AvgIpc) is 2.73. The first-order chi connectivity index (χ1) is 16.6. The number of nitrogens with two attached hydrogens (primary N) is 3. The molecule has 0 saturated carbocycles. The second-order valence-electron chi connectivity index (χ2n) is 9.43. The molecule has 0 aliphatic rings. The van der Waals surface area contributed by atoms with Crippen LogP contribution in [0.5, 0.6) is 0 Å². The molecule has 0 spiro atoms. The van der Waals surface area contributed by atoms with Gasteiger partial charge in [-0.2, -0.15) is 0 Å². The molecule has 0 fully saturated rings. The van der Waals surface area contributed by atoms with E-state index in [0.29, 0.717) is 13.0 Å². The molecule has 0 aromatic heterocycles. The molecule has 0 aromatic carbocycles. The van der Waals surface area contributed by atoms with E-state index >= 15 is 0 Å². The number of carbonyl (C=O) groups is 5. The molecule has 0 aliphatic carbocycles. The zero-order valence-corrected chi connectivity index (χ0v) is 21.3. The van der Waals surface area contributed by atoms with Crippen molar-refractivity contribution < 1.29 is 34.2 Å². The lowest BCUT2D eigenvalue weighted by molar-refractivity contribution is -0.147. The zero-order valence-electron chi connectivity index (χ0n) is 21.3. The maximum Gasteiger partial charge on any atom is 0.326 e. The quantitative estimate of drug-likeness (QED) is 0.0630. The summed E-state index contributed by atoms with van der Waals surface area (Å²) >= 11 is 0. The van der Waals surface area contributed by atoms with Gasteiger partial charge in [0.1, 0.15) is 18.1 Å². The van der Waals surface area contributed by atoms with Gasteiger partial charge in [-0.3, -0.25) is 24.2 Å². The van der Waals surface area contributed by atoms with Gasteiger partial charge >= 0.3 is 11.9 Å². The smallest absolute Gasteiger partial charge is 0.326 e. The van der Waals surface area contributed by atoms with Crippen LogP contribution in [-0.2, 0) is 24.0 Å². The number of aliphatic carboxylic acids is 2. The van der Waals surface area contributed by atoms with Gasteiger partial charge in [0.25, 0.3) is 0 Å². The van der Waals surface area contributed by atoms with E-state index in [-0.39, 0.29) is 37.1 Å². The molecule has 3 amide bonds. The van der Waals surface area contributed by atoms with Crippen LogP contribution < -0.4 is 33.2 Å². The monoisotopic (exact) mass is 515 g/mol. The highest BCUT2D eigenvalue weighted by Crippen LogP contribution is 2.10. The van der Waals surface area contributed by atoms with Gasteiger partial charge in [0.2, 0.25) is 17.7 Å². The predicted octanol–water partition coefficient (Wildman–Crippen LogP) is -1.53. The van der Waals surface area contributed by atoms with E-state index < -0.39 is 60.2 Å². The topological polar surface area (TPSA) is 252 Å². The van der Waals surface area contributed by atoms with Gasteiger partial charge in [-0.15, -0.1) is 0 Å². The molecule has 0 aliphatic heterocycles. The fourth-order valence-electron chi connectivity index (χ4n) is 3.25. The van der Waals surface area contributed by atoms with Gasteiger partial charge in [0, 0.05) is 6.54 Å². The van der Waals surface area contributed by atoms with Gasteiger partial charge in [-0.1, -0.05) is 27.7 Å². The maximum atomic E-state index is 13.1. The molecule has 36 heavy (non-hydrogen) atoms. The minimum Gasteiger partial charge on any atom is -0.481 e. The molecule has 0 bridgehead atoms. The van der Waals surface area contributed by atoms with E-state index in [0.717, 1.165) is 0 Å². The molecule has 0 saturated heterocycles. The number of hydrogen-bond acceptors (Lipinski definition) is 7. The van der Waals surface area contributed by atoms with Crippen molar-refractivity contribution in [3.63, 3.8) is 0 Å². The molecule has 4 unspecified atom stereocenters. The number of nitrogens with zero attached hydrogens (tertiary/aromatic N) is 1. The van der Waals surface area contributed by atoms with Crippen molar-refractivity contribution in [2.24, 2.45) is 34.0 Å². The van der Waals surface area contributed by atoms with Crippen LogP contribution in [-0.4, -0.2) is 76.5 Å². The maximum absolute atomic E-state index is 13.1. The first-order valence-corrected chi connectivity index (χ1v) is 11.8. The third-order valence-electron chi connectivity index (χ3n) is 4.98. The highest BCUT2D eigenvalue weighted by Gasteiger charge is 2.31. The van der Waals surface area contributed by atoms with Crippen molar-refractivity contribution >= 4 is 35.6 Å². The number of carboxylic acid groups (broad SMARTS) is 2. The summed E-state index contributed by atoms with van der Waals surface area (Å²) in [6, 6.07) is -4.72. The van der Waals surface area contributed by atoms with Gasteiger partial charge in [0.15, 0.2) is 5.96 Å². The summed E-state index contributed by atoms with van der Waals surface area (Å²) in [5.74, 6) is -5.09. The molecular formula is C22H41N7O7. The molecular weight excluding hydrogens is 474 g/mol. The second-order valence-corrected chi connectivity index (χ2v) is 9.43. The van der Waals surface area contributed by atoms with E-state index in [4.69, 9.17) is 22.3 Å². The average molecular weight is 516 g/mol. The Balaban J connectivity index is 5.43. The third-order valence-corrected chi connectivity index (χ3v) is 4.98. The fraction of sp³-hybridized carbons (Fsp3) is 0.727. The predicted molar refractivity (Wildman–Crippen MR) is 132 cm³/mol. The molecule has 0 aromatic rings. The van der Waals surface area contributed by atoms with Crippen LogP contribution in [0.15, 0.2) is 4.99 Å². The Labute approximate surface area is 210 Å². The van der Waals surface area contributed by atoms with E-state index in [1.165, 1.54) is 0 Å². The summed E-state index contributed by atoms with van der Waals surface area (Å²) in [5, 5.41) is 25.5. The first-order valence-electron chi connectivity index (χ1n) is 11.8. The molecule has 0 rings (SSSR count). The lowest BCUT2D eigenvalue weighted by Gasteiger charge is -2.26.